The van der Waals surface area contributed by atoms with Gasteiger partial charge in [0.05, 0.1) is 0 Å². The Labute approximate surface area is 121 Å². The van der Waals surface area contributed by atoms with Gasteiger partial charge in [-0.15, -0.1) is 12.6 Å². The van der Waals surface area contributed by atoms with Crippen LogP contribution < -0.4 is 11.1 Å². The lowest BCUT2D eigenvalue weighted by Gasteiger charge is -2.32. The lowest BCUT2D eigenvalue weighted by atomic mass is 9.81. The van der Waals surface area contributed by atoms with Crippen LogP contribution in [0, 0.1) is 11.3 Å². The van der Waals surface area contributed by atoms with E-state index in [0.29, 0.717) is 12.0 Å². The fraction of sp³-hybridized carbons (Fsp3) is 0.533. The van der Waals surface area contributed by atoms with Crippen LogP contribution in [0.5, 0.6) is 0 Å². The van der Waals surface area contributed by atoms with Gasteiger partial charge in [-0.25, -0.2) is 0 Å². The topological polar surface area (TPSA) is 61.9 Å². The Morgan fingerprint density at radius 1 is 1.21 bits per heavy atom. The third kappa shape index (κ3) is 4.88. The molecule has 4 heteroatoms. The fourth-order valence-electron chi connectivity index (χ4n) is 2.59. The summed E-state index contributed by atoms with van der Waals surface area (Å²) in [5.41, 5.74) is 6.45. The summed E-state index contributed by atoms with van der Waals surface area (Å²) in [5, 5.41) is 11.4. The molecule has 1 aliphatic carbocycles. The van der Waals surface area contributed by atoms with E-state index in [9.17, 15) is 0 Å². The first-order valence-electron chi connectivity index (χ1n) is 6.85. The molecule has 2 rings (SSSR count). The van der Waals surface area contributed by atoms with Gasteiger partial charge in [-0.2, -0.15) is 0 Å². The first kappa shape index (κ1) is 16.1. The molecule has 0 aromatic heterocycles. The number of rotatable bonds is 3. The Bertz CT molecular complexity index is 389. The summed E-state index contributed by atoms with van der Waals surface area (Å²) in [4.78, 5) is 0.985. The molecule has 1 aromatic carbocycles. The average Bonchev–Trinajstić information content (AvgIpc) is 2.44. The molecule has 0 radical (unpaired) electrons. The van der Waals surface area contributed by atoms with Crippen LogP contribution in [0.15, 0.2) is 29.2 Å². The van der Waals surface area contributed by atoms with Gasteiger partial charge in [0, 0.05) is 28.3 Å². The van der Waals surface area contributed by atoms with E-state index in [4.69, 9.17) is 5.41 Å². The van der Waals surface area contributed by atoms with E-state index in [0.717, 1.165) is 22.7 Å². The zero-order chi connectivity index (χ0) is 14.3. The van der Waals surface area contributed by atoms with Gasteiger partial charge in [-0.05, 0) is 51.1 Å². The van der Waals surface area contributed by atoms with Crippen molar-refractivity contribution >= 4 is 24.0 Å². The number of anilines is 1. The van der Waals surface area contributed by atoms with Crippen LogP contribution in [-0.4, -0.2) is 18.8 Å². The normalized spacial score (nSPS) is 22.1. The minimum Gasteiger partial charge on any atom is -0.382 e. The number of benzene rings is 1. The molecule has 0 bridgehead atoms. The van der Waals surface area contributed by atoms with Crippen molar-refractivity contribution < 1.29 is 0 Å². The zero-order valence-electron chi connectivity index (χ0n) is 11.8. The Balaban J connectivity index is 0.000000861. The number of thiol groups is 1. The van der Waals surface area contributed by atoms with Crippen LogP contribution in [0.1, 0.15) is 32.6 Å². The smallest absolute Gasteiger partial charge is 0.0343 e. The molecule has 106 valence electrons. The molecule has 1 aromatic rings. The van der Waals surface area contributed by atoms with Crippen LogP contribution in [0.3, 0.4) is 0 Å². The minimum absolute atomic E-state index is 0.402. The van der Waals surface area contributed by atoms with Crippen LogP contribution >= 0.6 is 12.6 Å². The van der Waals surface area contributed by atoms with Gasteiger partial charge < -0.3 is 16.5 Å². The van der Waals surface area contributed by atoms with Gasteiger partial charge in [0.2, 0.25) is 0 Å². The molecule has 1 aliphatic rings. The van der Waals surface area contributed by atoms with Crippen LogP contribution in [0.2, 0.25) is 0 Å². The lowest BCUT2D eigenvalue weighted by Crippen LogP contribution is -2.35. The highest BCUT2D eigenvalue weighted by atomic mass is 32.1. The minimum atomic E-state index is 0.402. The zero-order valence-corrected chi connectivity index (χ0v) is 12.7. The lowest BCUT2D eigenvalue weighted by molar-refractivity contribution is 0.398. The maximum Gasteiger partial charge on any atom is 0.0343 e. The summed E-state index contributed by atoms with van der Waals surface area (Å²) in [6.45, 7) is 1.93. The molecular weight excluding hydrogens is 254 g/mol. The van der Waals surface area contributed by atoms with Crippen molar-refractivity contribution in [2.75, 3.05) is 12.4 Å². The molecule has 0 heterocycles. The molecular formula is C15H25N3S. The second-order valence-electron chi connectivity index (χ2n) is 4.87. The molecule has 0 spiro atoms. The van der Waals surface area contributed by atoms with E-state index in [-0.39, 0.29) is 0 Å². The van der Waals surface area contributed by atoms with E-state index in [1.165, 1.54) is 26.3 Å². The van der Waals surface area contributed by atoms with Gasteiger partial charge in [0.15, 0.2) is 0 Å². The summed E-state index contributed by atoms with van der Waals surface area (Å²) in [7, 11) is 1.50. The largest absolute Gasteiger partial charge is 0.382 e. The van der Waals surface area contributed by atoms with Crippen LogP contribution in [0.25, 0.3) is 0 Å². The standard InChI is InChI=1S/C14H20N2S.CH5N/c1-10(15)13-4-2-3-5-14(13)16-11-6-8-12(17)9-7-11;1-2/h6-9,13-17H,2-5H2,1H3;2H2,1H3. The average molecular weight is 279 g/mol. The van der Waals surface area contributed by atoms with E-state index in [1.54, 1.807) is 0 Å². The van der Waals surface area contributed by atoms with Crippen LogP contribution in [-0.2, 0) is 0 Å². The second kappa shape index (κ2) is 8.23. The number of nitrogens with two attached hydrogens (primary N) is 1. The van der Waals surface area contributed by atoms with E-state index in [2.05, 4.69) is 35.8 Å². The fourth-order valence-corrected chi connectivity index (χ4v) is 2.74. The van der Waals surface area contributed by atoms with Crippen molar-refractivity contribution in [3.05, 3.63) is 24.3 Å². The van der Waals surface area contributed by atoms with Crippen molar-refractivity contribution in [2.45, 2.75) is 43.5 Å². The van der Waals surface area contributed by atoms with E-state index >= 15 is 0 Å². The van der Waals surface area contributed by atoms with E-state index in [1.807, 2.05) is 19.1 Å². The van der Waals surface area contributed by atoms with Crippen molar-refractivity contribution in [3.8, 4) is 0 Å². The molecule has 0 amide bonds. The number of hydrogen-bond donors (Lipinski definition) is 4. The quantitative estimate of drug-likeness (QED) is 0.505. The second-order valence-corrected chi connectivity index (χ2v) is 5.39. The Hall–Kier alpha value is -1.00. The third-order valence-corrected chi connectivity index (χ3v) is 3.84. The van der Waals surface area contributed by atoms with Gasteiger partial charge in [0.25, 0.3) is 0 Å². The number of nitrogens with one attached hydrogen (secondary N) is 2. The van der Waals surface area contributed by atoms with E-state index < -0.39 is 0 Å². The Morgan fingerprint density at radius 3 is 2.37 bits per heavy atom. The molecule has 3 nitrogen and oxygen atoms in total. The molecule has 1 saturated carbocycles. The molecule has 19 heavy (non-hydrogen) atoms. The summed E-state index contributed by atoms with van der Waals surface area (Å²) in [6, 6.07) is 8.55. The van der Waals surface area contributed by atoms with Crippen LogP contribution in [0.4, 0.5) is 5.69 Å². The highest BCUT2D eigenvalue weighted by molar-refractivity contribution is 7.80. The predicted octanol–water partition coefficient (Wildman–Crippen LogP) is 3.56. The van der Waals surface area contributed by atoms with Gasteiger partial charge >= 0.3 is 0 Å². The first-order chi connectivity index (χ1) is 9.16. The number of hydrogen-bond acceptors (Lipinski definition) is 4. The Kier molecular flexibility index (Phi) is 6.95. The van der Waals surface area contributed by atoms with Gasteiger partial charge in [0.1, 0.15) is 0 Å². The molecule has 4 N–H and O–H groups in total. The highest BCUT2D eigenvalue weighted by Gasteiger charge is 2.26. The SMILES string of the molecule is CC(=N)C1CCCCC1Nc1ccc(S)cc1.CN. The first-order valence-corrected chi connectivity index (χ1v) is 7.30. The molecule has 2 atom stereocenters. The molecule has 0 aliphatic heterocycles. The maximum atomic E-state index is 7.87. The molecule has 1 fully saturated rings. The summed E-state index contributed by atoms with van der Waals surface area (Å²) in [5.74, 6) is 0.402. The van der Waals surface area contributed by atoms with Gasteiger partial charge in [-0.3, -0.25) is 0 Å². The molecule has 2 unspecified atom stereocenters. The van der Waals surface area contributed by atoms with Gasteiger partial charge in [-0.1, -0.05) is 12.8 Å². The maximum absolute atomic E-state index is 7.87. The van der Waals surface area contributed by atoms with Crippen molar-refractivity contribution in [3.63, 3.8) is 0 Å². The predicted molar refractivity (Wildman–Crippen MR) is 86.6 cm³/mol. The van der Waals surface area contributed by atoms with Crippen molar-refractivity contribution in [1.82, 2.24) is 0 Å². The highest BCUT2D eigenvalue weighted by Crippen LogP contribution is 2.28. The summed E-state index contributed by atoms with van der Waals surface area (Å²) in [6.07, 6.45) is 4.85. The Morgan fingerprint density at radius 2 is 1.79 bits per heavy atom. The monoisotopic (exact) mass is 279 g/mol. The van der Waals surface area contributed by atoms with Crippen molar-refractivity contribution in [2.24, 2.45) is 11.7 Å². The molecule has 0 saturated heterocycles. The van der Waals surface area contributed by atoms with Crippen molar-refractivity contribution in [1.29, 1.82) is 5.41 Å². The summed E-state index contributed by atoms with van der Waals surface area (Å²) < 4.78 is 0. The third-order valence-electron chi connectivity index (χ3n) is 3.54. The summed E-state index contributed by atoms with van der Waals surface area (Å²) >= 11 is 4.29.